The molecule has 1 fully saturated rings. The number of piperazine rings is 1. The van der Waals surface area contributed by atoms with E-state index in [2.05, 4.69) is 10.3 Å². The zero-order valence-electron chi connectivity index (χ0n) is 10.7. The molecule has 0 saturated carbocycles. The molecule has 7 heteroatoms. The summed E-state index contributed by atoms with van der Waals surface area (Å²) in [7, 11) is 2.03. The largest absolute Gasteiger partial charge is 0.478 e. The third-order valence-corrected chi connectivity index (χ3v) is 3.15. The van der Waals surface area contributed by atoms with Crippen molar-refractivity contribution in [3.63, 3.8) is 0 Å². The van der Waals surface area contributed by atoms with Crippen molar-refractivity contribution in [3.8, 4) is 0 Å². The van der Waals surface area contributed by atoms with Gasteiger partial charge < -0.3 is 21.2 Å². The molecule has 0 amide bonds. The van der Waals surface area contributed by atoms with Crippen LogP contribution >= 0.6 is 0 Å². The lowest BCUT2D eigenvalue weighted by Crippen LogP contribution is -2.47. The molecule has 1 saturated heterocycles. The molecule has 0 unspecified atom stereocenters. The molecule has 0 spiro atoms. The van der Waals surface area contributed by atoms with Crippen molar-refractivity contribution in [1.82, 2.24) is 9.91 Å². The van der Waals surface area contributed by atoms with Gasteiger partial charge in [0.2, 0.25) is 0 Å². The highest BCUT2D eigenvalue weighted by Crippen LogP contribution is 2.23. The average molecular weight is 268 g/mol. The van der Waals surface area contributed by atoms with E-state index in [1.807, 2.05) is 12.1 Å². The maximum atomic E-state index is 13.6. The van der Waals surface area contributed by atoms with Gasteiger partial charge >= 0.3 is 5.97 Å². The smallest absolute Gasteiger partial charge is 0.338 e. The van der Waals surface area contributed by atoms with Gasteiger partial charge in [-0.15, -0.1) is 0 Å². The van der Waals surface area contributed by atoms with Gasteiger partial charge in [0.05, 0.1) is 16.9 Å². The number of hydrazine groups is 1. The summed E-state index contributed by atoms with van der Waals surface area (Å²) < 4.78 is 13.6. The number of carboxylic acid groups (broad SMARTS) is 1. The number of aromatic carboxylic acids is 1. The Hall–Kier alpha value is -1.86. The molecule has 1 aliphatic rings. The Morgan fingerprint density at radius 2 is 2.00 bits per heavy atom. The van der Waals surface area contributed by atoms with Crippen LogP contribution in [-0.4, -0.2) is 54.2 Å². The molecule has 0 aliphatic carbocycles. The first-order valence-corrected chi connectivity index (χ1v) is 6.00. The summed E-state index contributed by atoms with van der Waals surface area (Å²) in [4.78, 5) is 13.0. The van der Waals surface area contributed by atoms with Crippen LogP contribution in [0.2, 0.25) is 0 Å². The number of hydrogen-bond donors (Lipinski definition) is 3. The van der Waals surface area contributed by atoms with Gasteiger partial charge in [-0.05, 0) is 13.1 Å². The van der Waals surface area contributed by atoms with E-state index in [-0.39, 0.29) is 5.69 Å². The minimum absolute atomic E-state index is 0.220. The molecule has 104 valence electrons. The number of rotatable bonds is 3. The zero-order chi connectivity index (χ0) is 14.0. The summed E-state index contributed by atoms with van der Waals surface area (Å²) in [6.45, 7) is 3.39. The lowest BCUT2D eigenvalue weighted by molar-refractivity contribution is 0.0692. The Balaban J connectivity index is 2.13. The lowest BCUT2D eigenvalue weighted by atomic mass is 10.1. The molecule has 19 heavy (non-hydrogen) atoms. The SMILES string of the molecule is CN1CCN(Nc2cc(F)c(C(=O)O)cc2N)CC1. The minimum atomic E-state index is -1.32. The summed E-state index contributed by atoms with van der Waals surface area (Å²) in [5, 5.41) is 10.7. The van der Waals surface area contributed by atoms with Crippen molar-refractivity contribution in [2.24, 2.45) is 0 Å². The van der Waals surface area contributed by atoms with Crippen LogP contribution < -0.4 is 11.2 Å². The second kappa shape index (κ2) is 5.41. The summed E-state index contributed by atoms with van der Waals surface area (Å²) in [5.41, 5.74) is 8.97. The van der Waals surface area contributed by atoms with Crippen LogP contribution in [0, 0.1) is 5.82 Å². The van der Waals surface area contributed by atoms with E-state index in [0.29, 0.717) is 5.69 Å². The first kappa shape index (κ1) is 13.6. The van der Waals surface area contributed by atoms with Gasteiger partial charge in [-0.25, -0.2) is 14.2 Å². The van der Waals surface area contributed by atoms with Crippen LogP contribution in [-0.2, 0) is 0 Å². The van der Waals surface area contributed by atoms with Crippen LogP contribution in [0.25, 0.3) is 0 Å². The van der Waals surface area contributed by atoms with Crippen molar-refractivity contribution >= 4 is 17.3 Å². The fraction of sp³-hybridized carbons (Fsp3) is 0.417. The Kier molecular flexibility index (Phi) is 3.87. The quantitative estimate of drug-likeness (QED) is 0.699. The Labute approximate surface area is 110 Å². The van der Waals surface area contributed by atoms with Crippen molar-refractivity contribution in [2.75, 3.05) is 44.4 Å². The van der Waals surface area contributed by atoms with E-state index in [9.17, 15) is 9.18 Å². The molecule has 0 radical (unpaired) electrons. The molecule has 4 N–H and O–H groups in total. The highest BCUT2D eigenvalue weighted by Gasteiger charge is 2.17. The summed E-state index contributed by atoms with van der Waals surface area (Å²) in [5.74, 6) is -2.12. The topological polar surface area (TPSA) is 81.8 Å². The summed E-state index contributed by atoms with van der Waals surface area (Å²) in [6.07, 6.45) is 0. The second-order valence-electron chi connectivity index (χ2n) is 4.63. The number of halogens is 1. The van der Waals surface area contributed by atoms with Crippen LogP contribution in [0.15, 0.2) is 12.1 Å². The lowest BCUT2D eigenvalue weighted by Gasteiger charge is -2.33. The molecule has 0 atom stereocenters. The van der Waals surface area contributed by atoms with E-state index in [4.69, 9.17) is 10.8 Å². The third-order valence-electron chi connectivity index (χ3n) is 3.15. The Bertz CT molecular complexity index is 487. The van der Waals surface area contributed by atoms with E-state index in [1.54, 1.807) is 0 Å². The van der Waals surface area contributed by atoms with Crippen molar-refractivity contribution in [1.29, 1.82) is 0 Å². The maximum Gasteiger partial charge on any atom is 0.338 e. The molecular formula is C12H17FN4O2. The first-order chi connectivity index (χ1) is 8.97. The van der Waals surface area contributed by atoms with Crippen molar-refractivity contribution < 1.29 is 14.3 Å². The highest BCUT2D eigenvalue weighted by molar-refractivity contribution is 5.90. The molecule has 1 aromatic rings. The molecule has 1 aromatic carbocycles. The van der Waals surface area contributed by atoms with E-state index in [0.717, 1.165) is 38.3 Å². The maximum absolute atomic E-state index is 13.6. The number of carboxylic acids is 1. The second-order valence-corrected chi connectivity index (χ2v) is 4.63. The average Bonchev–Trinajstić information content (AvgIpc) is 2.35. The van der Waals surface area contributed by atoms with Gasteiger partial charge in [-0.2, -0.15) is 0 Å². The fourth-order valence-corrected chi connectivity index (χ4v) is 1.94. The minimum Gasteiger partial charge on any atom is -0.478 e. The van der Waals surface area contributed by atoms with Crippen LogP contribution in [0.4, 0.5) is 15.8 Å². The number of hydrogen-bond acceptors (Lipinski definition) is 5. The molecule has 1 heterocycles. The summed E-state index contributed by atoms with van der Waals surface area (Å²) >= 11 is 0. The number of carbonyl (C=O) groups is 1. The van der Waals surface area contributed by atoms with E-state index < -0.39 is 17.3 Å². The van der Waals surface area contributed by atoms with Crippen LogP contribution in [0.3, 0.4) is 0 Å². The monoisotopic (exact) mass is 268 g/mol. The van der Waals surface area contributed by atoms with Gasteiger partial charge in [0.15, 0.2) is 0 Å². The summed E-state index contributed by atoms with van der Waals surface area (Å²) in [6, 6.07) is 2.26. The predicted octanol–water partition coefficient (Wildman–Crippen LogP) is 0.680. The molecule has 2 rings (SSSR count). The number of likely N-dealkylation sites (N-methyl/N-ethyl adjacent to an activating group) is 1. The van der Waals surface area contributed by atoms with E-state index >= 15 is 0 Å². The number of nitrogens with two attached hydrogens (primary N) is 1. The number of nitrogens with zero attached hydrogens (tertiary/aromatic N) is 2. The third kappa shape index (κ3) is 3.12. The highest BCUT2D eigenvalue weighted by atomic mass is 19.1. The normalized spacial score (nSPS) is 17.4. The van der Waals surface area contributed by atoms with Gasteiger partial charge in [0.1, 0.15) is 5.82 Å². The zero-order valence-corrected chi connectivity index (χ0v) is 10.7. The van der Waals surface area contributed by atoms with E-state index in [1.165, 1.54) is 0 Å². The number of nitrogens with one attached hydrogen (secondary N) is 1. The van der Waals surface area contributed by atoms with Crippen molar-refractivity contribution in [2.45, 2.75) is 0 Å². The molecule has 0 bridgehead atoms. The van der Waals surface area contributed by atoms with Crippen LogP contribution in [0.5, 0.6) is 0 Å². The van der Waals surface area contributed by atoms with Gasteiger partial charge in [-0.3, -0.25) is 0 Å². The fourth-order valence-electron chi connectivity index (χ4n) is 1.94. The standard InChI is InChI=1S/C12H17FN4O2/c1-16-2-4-17(5-3-16)15-11-7-9(13)8(12(18)19)6-10(11)14/h6-7,15H,2-5,14H2,1H3,(H,18,19). The van der Waals surface area contributed by atoms with Crippen LogP contribution in [0.1, 0.15) is 10.4 Å². The Morgan fingerprint density at radius 1 is 1.37 bits per heavy atom. The number of anilines is 2. The molecule has 1 aliphatic heterocycles. The molecular weight excluding hydrogens is 251 g/mol. The predicted molar refractivity (Wildman–Crippen MR) is 70.5 cm³/mol. The van der Waals surface area contributed by atoms with Gasteiger partial charge in [0, 0.05) is 32.2 Å². The van der Waals surface area contributed by atoms with Gasteiger partial charge in [-0.1, -0.05) is 0 Å². The number of benzene rings is 1. The van der Waals surface area contributed by atoms with Crippen molar-refractivity contribution in [3.05, 3.63) is 23.5 Å². The molecule has 6 nitrogen and oxygen atoms in total. The molecule has 0 aromatic heterocycles. The first-order valence-electron chi connectivity index (χ1n) is 6.00. The number of nitrogen functional groups attached to an aromatic ring is 1. The van der Waals surface area contributed by atoms with Gasteiger partial charge in [0.25, 0.3) is 0 Å². The Morgan fingerprint density at radius 3 is 2.58 bits per heavy atom.